The summed E-state index contributed by atoms with van der Waals surface area (Å²) in [5, 5.41) is 8.30. The summed E-state index contributed by atoms with van der Waals surface area (Å²) in [5.74, 6) is 0. The van der Waals surface area contributed by atoms with Gasteiger partial charge in [0, 0.05) is 22.8 Å². The van der Waals surface area contributed by atoms with Gasteiger partial charge in [0.1, 0.15) is 0 Å². The van der Waals surface area contributed by atoms with E-state index < -0.39 is 0 Å². The molecule has 2 aromatic heterocycles. The molecule has 0 bridgehead atoms. The van der Waals surface area contributed by atoms with Crippen LogP contribution in [0.1, 0.15) is 24.6 Å². The Balaban J connectivity index is 1.61. The molecule has 0 atom stereocenters. The number of benzene rings is 1. The molecule has 0 aliphatic heterocycles. The van der Waals surface area contributed by atoms with Crippen molar-refractivity contribution in [1.29, 1.82) is 0 Å². The van der Waals surface area contributed by atoms with E-state index in [1.54, 1.807) is 6.07 Å². The first-order valence-corrected chi connectivity index (χ1v) is 9.15. The van der Waals surface area contributed by atoms with Crippen LogP contribution in [0.5, 0.6) is 0 Å². The van der Waals surface area contributed by atoms with Crippen LogP contribution in [0, 0.1) is 0 Å². The van der Waals surface area contributed by atoms with Crippen LogP contribution in [0.4, 0.5) is 5.13 Å². The number of anilines is 1. The standard InChI is InChI=1S/C16H17BrN4OS/c1-2-13-10-14(22)21-16(19-13)23-15(20-21)18-8-4-6-11-5-3-7-12(17)9-11/h3,5,7,9-10H,2,4,6,8H2,1H3,(H,18,20). The Morgan fingerprint density at radius 3 is 3.00 bits per heavy atom. The van der Waals surface area contributed by atoms with Crippen LogP contribution in [0.25, 0.3) is 4.96 Å². The lowest BCUT2D eigenvalue weighted by atomic mass is 10.1. The quantitative estimate of drug-likeness (QED) is 0.651. The average molecular weight is 393 g/mol. The fourth-order valence-corrected chi connectivity index (χ4v) is 3.59. The van der Waals surface area contributed by atoms with Crippen molar-refractivity contribution in [2.24, 2.45) is 0 Å². The summed E-state index contributed by atoms with van der Waals surface area (Å²) < 4.78 is 2.46. The highest BCUT2D eigenvalue weighted by atomic mass is 79.9. The number of hydrogen-bond donors (Lipinski definition) is 1. The van der Waals surface area contributed by atoms with Gasteiger partial charge in [0.05, 0.1) is 0 Å². The summed E-state index contributed by atoms with van der Waals surface area (Å²) in [6.07, 6.45) is 2.74. The number of halogens is 1. The van der Waals surface area contributed by atoms with Gasteiger partial charge >= 0.3 is 0 Å². The number of nitrogens with zero attached hydrogens (tertiary/aromatic N) is 3. The third kappa shape index (κ3) is 3.97. The van der Waals surface area contributed by atoms with Crippen LogP contribution >= 0.6 is 27.3 Å². The van der Waals surface area contributed by atoms with Crippen molar-refractivity contribution in [2.75, 3.05) is 11.9 Å². The molecule has 0 saturated heterocycles. The second-order valence-corrected chi connectivity index (χ2v) is 7.07. The van der Waals surface area contributed by atoms with Crippen molar-refractivity contribution >= 4 is 37.4 Å². The highest BCUT2D eigenvalue weighted by molar-refractivity contribution is 9.10. The van der Waals surface area contributed by atoms with E-state index >= 15 is 0 Å². The Kier molecular flexibility index (Phi) is 5.07. The molecule has 0 fully saturated rings. The number of fused-ring (bicyclic) bond motifs is 1. The van der Waals surface area contributed by atoms with Crippen LogP contribution < -0.4 is 10.9 Å². The molecule has 7 heteroatoms. The van der Waals surface area contributed by atoms with Crippen molar-refractivity contribution in [2.45, 2.75) is 26.2 Å². The molecule has 3 rings (SSSR count). The van der Waals surface area contributed by atoms with Gasteiger partial charge in [-0.1, -0.05) is 46.3 Å². The number of aromatic nitrogens is 3. The Morgan fingerprint density at radius 1 is 1.35 bits per heavy atom. The van der Waals surface area contributed by atoms with E-state index in [0.717, 1.165) is 41.1 Å². The Labute approximate surface area is 146 Å². The summed E-state index contributed by atoms with van der Waals surface area (Å²) in [6.45, 7) is 2.79. The molecular formula is C16H17BrN4OS. The predicted octanol–water partition coefficient (Wildman–Crippen LogP) is 3.52. The maximum Gasteiger partial charge on any atom is 0.275 e. The third-order valence-electron chi connectivity index (χ3n) is 3.47. The first kappa shape index (κ1) is 16.1. The van der Waals surface area contributed by atoms with Crippen LogP contribution in [0.15, 0.2) is 39.6 Å². The van der Waals surface area contributed by atoms with E-state index in [2.05, 4.69) is 43.5 Å². The van der Waals surface area contributed by atoms with Crippen molar-refractivity contribution in [3.63, 3.8) is 0 Å². The van der Waals surface area contributed by atoms with Crippen LogP contribution in [0.3, 0.4) is 0 Å². The molecule has 1 N–H and O–H groups in total. The second kappa shape index (κ2) is 7.23. The molecule has 0 saturated carbocycles. The lowest BCUT2D eigenvalue weighted by molar-refractivity contribution is 0.842. The van der Waals surface area contributed by atoms with Gasteiger partial charge in [-0.05, 0) is 37.0 Å². The monoisotopic (exact) mass is 392 g/mol. The number of hydrogen-bond acceptors (Lipinski definition) is 5. The van der Waals surface area contributed by atoms with Gasteiger partial charge in [-0.3, -0.25) is 4.79 Å². The normalized spacial score (nSPS) is 11.0. The molecule has 3 aromatic rings. The molecule has 0 unspecified atom stereocenters. The number of nitrogens with one attached hydrogen (secondary N) is 1. The molecular weight excluding hydrogens is 376 g/mol. The summed E-state index contributed by atoms with van der Waals surface area (Å²) in [6, 6.07) is 9.87. The van der Waals surface area contributed by atoms with Gasteiger partial charge in [-0.25, -0.2) is 4.98 Å². The van der Waals surface area contributed by atoms with E-state index in [1.807, 2.05) is 19.1 Å². The van der Waals surface area contributed by atoms with E-state index in [4.69, 9.17) is 0 Å². The van der Waals surface area contributed by atoms with E-state index in [9.17, 15) is 4.79 Å². The van der Waals surface area contributed by atoms with Crippen LogP contribution in [-0.2, 0) is 12.8 Å². The molecule has 1 aromatic carbocycles. The summed E-state index contributed by atoms with van der Waals surface area (Å²) in [4.78, 5) is 17.0. The van der Waals surface area contributed by atoms with E-state index in [-0.39, 0.29) is 5.56 Å². The Bertz CT molecular complexity index is 874. The smallest absolute Gasteiger partial charge is 0.275 e. The Morgan fingerprint density at radius 2 is 2.22 bits per heavy atom. The van der Waals surface area contributed by atoms with Crippen molar-refractivity contribution < 1.29 is 0 Å². The van der Waals surface area contributed by atoms with E-state index in [0.29, 0.717) is 4.96 Å². The Hall–Kier alpha value is -1.73. The molecule has 2 heterocycles. The zero-order chi connectivity index (χ0) is 16.2. The minimum atomic E-state index is -0.120. The number of rotatable bonds is 6. The molecule has 0 amide bonds. The minimum Gasteiger partial charge on any atom is -0.360 e. The van der Waals surface area contributed by atoms with Crippen LogP contribution in [0.2, 0.25) is 0 Å². The van der Waals surface area contributed by atoms with E-state index in [1.165, 1.54) is 21.4 Å². The van der Waals surface area contributed by atoms with Gasteiger partial charge in [0.25, 0.3) is 5.56 Å². The first-order chi connectivity index (χ1) is 11.2. The molecule has 23 heavy (non-hydrogen) atoms. The van der Waals surface area contributed by atoms with Crippen LogP contribution in [-0.4, -0.2) is 21.1 Å². The summed E-state index contributed by atoms with van der Waals surface area (Å²) in [5.41, 5.74) is 1.99. The first-order valence-electron chi connectivity index (χ1n) is 7.54. The third-order valence-corrected chi connectivity index (χ3v) is 4.83. The topological polar surface area (TPSA) is 59.3 Å². The highest BCUT2D eigenvalue weighted by Gasteiger charge is 2.07. The second-order valence-electron chi connectivity index (χ2n) is 5.20. The molecule has 120 valence electrons. The maximum atomic E-state index is 12.0. The lowest BCUT2D eigenvalue weighted by Gasteiger charge is -2.03. The predicted molar refractivity (Wildman–Crippen MR) is 97.5 cm³/mol. The van der Waals surface area contributed by atoms with Crippen molar-refractivity contribution in [1.82, 2.24) is 14.6 Å². The van der Waals surface area contributed by atoms with Gasteiger partial charge in [0.15, 0.2) is 0 Å². The molecule has 0 spiro atoms. The number of aryl methyl sites for hydroxylation is 2. The SMILES string of the molecule is CCc1cc(=O)n2nc(NCCCc3cccc(Br)c3)sc2n1. The molecule has 5 nitrogen and oxygen atoms in total. The van der Waals surface area contributed by atoms with Gasteiger partial charge in [-0.15, -0.1) is 5.10 Å². The zero-order valence-corrected chi connectivity index (χ0v) is 15.2. The molecule has 0 radical (unpaired) electrons. The molecule has 0 aliphatic rings. The van der Waals surface area contributed by atoms with Crippen molar-refractivity contribution in [3.8, 4) is 0 Å². The fourth-order valence-electron chi connectivity index (χ4n) is 2.29. The fraction of sp³-hybridized carbons (Fsp3) is 0.312. The van der Waals surface area contributed by atoms with Crippen molar-refractivity contribution in [3.05, 3.63) is 56.4 Å². The summed E-state index contributed by atoms with van der Waals surface area (Å²) >= 11 is 4.89. The molecule has 0 aliphatic carbocycles. The highest BCUT2D eigenvalue weighted by Crippen LogP contribution is 2.17. The maximum absolute atomic E-state index is 12.0. The largest absolute Gasteiger partial charge is 0.360 e. The zero-order valence-electron chi connectivity index (χ0n) is 12.8. The lowest BCUT2D eigenvalue weighted by Crippen LogP contribution is -2.15. The van der Waals surface area contributed by atoms with Gasteiger partial charge in [0.2, 0.25) is 10.1 Å². The van der Waals surface area contributed by atoms with Gasteiger partial charge in [-0.2, -0.15) is 4.52 Å². The van der Waals surface area contributed by atoms with Gasteiger partial charge < -0.3 is 5.32 Å². The average Bonchev–Trinajstić information content (AvgIpc) is 2.95. The minimum absolute atomic E-state index is 0.120. The summed E-state index contributed by atoms with van der Waals surface area (Å²) in [7, 11) is 0.